The topological polar surface area (TPSA) is 3.24 Å². The Bertz CT molecular complexity index is 301. The van der Waals surface area contributed by atoms with Crippen LogP contribution in [0.25, 0.3) is 0 Å². The molecule has 0 radical (unpaired) electrons. The van der Waals surface area contributed by atoms with Crippen LogP contribution in [0.2, 0.25) is 0 Å². The quantitative estimate of drug-likeness (QED) is 0.175. The third kappa shape index (κ3) is 15.8. The van der Waals surface area contributed by atoms with Crippen molar-refractivity contribution >= 4 is 0 Å². The standard InChI is InChI=1S/C27H57N/c1-7-10-12-13-14-18-21-25(4)22-19-15-16-20-24-28(6)26(5)27(9-3)23-17-11-8-2/h25-27H,7-24H2,1-6H3. The zero-order chi connectivity index (χ0) is 21.0. The molecule has 1 heteroatoms. The summed E-state index contributed by atoms with van der Waals surface area (Å²) in [7, 11) is 2.36. The van der Waals surface area contributed by atoms with E-state index in [1.54, 1.807) is 0 Å². The Labute approximate surface area is 180 Å². The molecule has 28 heavy (non-hydrogen) atoms. The zero-order valence-corrected chi connectivity index (χ0v) is 20.9. The van der Waals surface area contributed by atoms with E-state index in [9.17, 15) is 0 Å². The maximum absolute atomic E-state index is 2.64. The molecule has 0 aliphatic heterocycles. The van der Waals surface area contributed by atoms with Crippen molar-refractivity contribution in [2.24, 2.45) is 11.8 Å². The van der Waals surface area contributed by atoms with E-state index in [-0.39, 0.29) is 0 Å². The molecule has 0 amide bonds. The minimum atomic E-state index is 0.749. The molecule has 0 heterocycles. The number of hydrogen-bond acceptors (Lipinski definition) is 1. The van der Waals surface area contributed by atoms with Crippen LogP contribution < -0.4 is 0 Å². The molecule has 170 valence electrons. The van der Waals surface area contributed by atoms with Gasteiger partial charge in [0, 0.05) is 6.04 Å². The van der Waals surface area contributed by atoms with Gasteiger partial charge in [-0.3, -0.25) is 0 Å². The Kier molecular flexibility index (Phi) is 20.2. The molecule has 0 spiro atoms. The predicted molar refractivity (Wildman–Crippen MR) is 130 cm³/mol. The molecule has 0 aliphatic carbocycles. The molecule has 0 saturated heterocycles. The highest BCUT2D eigenvalue weighted by atomic mass is 15.1. The van der Waals surface area contributed by atoms with E-state index in [2.05, 4.69) is 46.6 Å². The minimum absolute atomic E-state index is 0.749. The summed E-state index contributed by atoms with van der Waals surface area (Å²) in [6.07, 6.45) is 24.2. The maximum Gasteiger partial charge on any atom is 0.00920 e. The molecule has 0 aromatic rings. The minimum Gasteiger partial charge on any atom is -0.303 e. The van der Waals surface area contributed by atoms with Gasteiger partial charge in [0.05, 0.1) is 0 Å². The zero-order valence-electron chi connectivity index (χ0n) is 20.9. The van der Waals surface area contributed by atoms with Crippen LogP contribution in [0.1, 0.15) is 144 Å². The van der Waals surface area contributed by atoms with Crippen molar-refractivity contribution in [3.05, 3.63) is 0 Å². The fourth-order valence-electron chi connectivity index (χ4n) is 4.63. The lowest BCUT2D eigenvalue weighted by atomic mass is 9.91. The van der Waals surface area contributed by atoms with Crippen molar-refractivity contribution in [1.29, 1.82) is 0 Å². The molecule has 3 unspecified atom stereocenters. The molecule has 0 rings (SSSR count). The first-order chi connectivity index (χ1) is 13.6. The third-order valence-electron chi connectivity index (χ3n) is 7.09. The smallest absolute Gasteiger partial charge is 0.00920 e. The van der Waals surface area contributed by atoms with Gasteiger partial charge in [0.2, 0.25) is 0 Å². The van der Waals surface area contributed by atoms with E-state index in [0.717, 1.165) is 17.9 Å². The van der Waals surface area contributed by atoms with E-state index < -0.39 is 0 Å². The van der Waals surface area contributed by atoms with Crippen LogP contribution in [0.3, 0.4) is 0 Å². The second-order valence-corrected chi connectivity index (χ2v) is 9.75. The second kappa shape index (κ2) is 20.2. The molecular formula is C27H57N. The van der Waals surface area contributed by atoms with Crippen LogP contribution in [0, 0.1) is 11.8 Å². The van der Waals surface area contributed by atoms with Crippen LogP contribution in [0.5, 0.6) is 0 Å². The first kappa shape index (κ1) is 28.0. The molecule has 0 N–H and O–H groups in total. The lowest BCUT2D eigenvalue weighted by Gasteiger charge is -2.31. The van der Waals surface area contributed by atoms with Crippen LogP contribution in [-0.2, 0) is 0 Å². The van der Waals surface area contributed by atoms with Gasteiger partial charge in [0.1, 0.15) is 0 Å². The van der Waals surface area contributed by atoms with Crippen molar-refractivity contribution in [2.45, 2.75) is 150 Å². The number of rotatable bonds is 21. The SMILES string of the molecule is CCCCCCCCC(C)CCCCCCN(C)C(C)C(CC)CCCCC. The van der Waals surface area contributed by atoms with Gasteiger partial charge < -0.3 is 4.90 Å². The first-order valence-corrected chi connectivity index (χ1v) is 13.3. The number of unbranched alkanes of at least 4 members (excludes halogenated alkanes) is 10. The van der Waals surface area contributed by atoms with Crippen molar-refractivity contribution < 1.29 is 0 Å². The highest BCUT2D eigenvalue weighted by molar-refractivity contribution is 4.73. The van der Waals surface area contributed by atoms with Gasteiger partial charge >= 0.3 is 0 Å². The molecule has 0 fully saturated rings. The van der Waals surface area contributed by atoms with E-state index in [1.165, 1.54) is 116 Å². The summed E-state index contributed by atoms with van der Waals surface area (Å²) >= 11 is 0. The second-order valence-electron chi connectivity index (χ2n) is 9.75. The van der Waals surface area contributed by atoms with Crippen molar-refractivity contribution in [2.75, 3.05) is 13.6 Å². The molecule has 0 bridgehead atoms. The van der Waals surface area contributed by atoms with Gasteiger partial charge in [-0.25, -0.2) is 0 Å². The summed E-state index contributed by atoms with van der Waals surface area (Å²) in [4.78, 5) is 2.64. The molecule has 1 nitrogen and oxygen atoms in total. The highest BCUT2D eigenvalue weighted by Crippen LogP contribution is 2.22. The number of hydrogen-bond donors (Lipinski definition) is 0. The first-order valence-electron chi connectivity index (χ1n) is 13.3. The van der Waals surface area contributed by atoms with E-state index in [4.69, 9.17) is 0 Å². The molecular weight excluding hydrogens is 338 g/mol. The maximum atomic E-state index is 2.64. The van der Waals surface area contributed by atoms with Crippen molar-refractivity contribution in [3.8, 4) is 0 Å². The average Bonchev–Trinajstić information content (AvgIpc) is 2.70. The van der Waals surface area contributed by atoms with Crippen LogP contribution >= 0.6 is 0 Å². The van der Waals surface area contributed by atoms with Gasteiger partial charge in [0.15, 0.2) is 0 Å². The van der Waals surface area contributed by atoms with E-state index >= 15 is 0 Å². The monoisotopic (exact) mass is 395 g/mol. The van der Waals surface area contributed by atoms with Gasteiger partial charge in [-0.2, -0.15) is 0 Å². The Balaban J connectivity index is 3.64. The molecule has 0 saturated carbocycles. The fraction of sp³-hybridized carbons (Fsp3) is 1.00. The van der Waals surface area contributed by atoms with Crippen molar-refractivity contribution in [1.82, 2.24) is 4.90 Å². The Hall–Kier alpha value is -0.0400. The Morgan fingerprint density at radius 1 is 0.571 bits per heavy atom. The summed E-state index contributed by atoms with van der Waals surface area (Å²) in [6.45, 7) is 13.2. The summed E-state index contributed by atoms with van der Waals surface area (Å²) in [6, 6.07) is 0.749. The summed E-state index contributed by atoms with van der Waals surface area (Å²) in [5.41, 5.74) is 0. The van der Waals surface area contributed by atoms with Crippen LogP contribution in [0.4, 0.5) is 0 Å². The van der Waals surface area contributed by atoms with Crippen molar-refractivity contribution in [3.63, 3.8) is 0 Å². The van der Waals surface area contributed by atoms with Gasteiger partial charge in [-0.1, -0.05) is 124 Å². The fourth-order valence-corrected chi connectivity index (χ4v) is 4.63. The average molecular weight is 396 g/mol. The van der Waals surface area contributed by atoms with Gasteiger partial charge in [-0.15, -0.1) is 0 Å². The molecule has 0 aromatic heterocycles. The lowest BCUT2D eigenvalue weighted by Crippen LogP contribution is -2.36. The molecule has 3 atom stereocenters. The Morgan fingerprint density at radius 3 is 1.61 bits per heavy atom. The summed E-state index contributed by atoms with van der Waals surface area (Å²) in [5.74, 6) is 1.83. The highest BCUT2D eigenvalue weighted by Gasteiger charge is 2.18. The van der Waals surface area contributed by atoms with Crippen LogP contribution in [0.15, 0.2) is 0 Å². The summed E-state index contributed by atoms with van der Waals surface area (Å²) < 4.78 is 0. The molecule has 0 aliphatic rings. The summed E-state index contributed by atoms with van der Waals surface area (Å²) in [5, 5.41) is 0. The predicted octanol–water partition coefficient (Wildman–Crippen LogP) is 9.25. The van der Waals surface area contributed by atoms with E-state index in [0.29, 0.717) is 0 Å². The van der Waals surface area contributed by atoms with Crippen LogP contribution in [-0.4, -0.2) is 24.5 Å². The Morgan fingerprint density at radius 2 is 1.04 bits per heavy atom. The third-order valence-corrected chi connectivity index (χ3v) is 7.09. The van der Waals surface area contributed by atoms with Gasteiger partial charge in [-0.05, 0) is 45.2 Å². The largest absolute Gasteiger partial charge is 0.303 e. The van der Waals surface area contributed by atoms with E-state index in [1.807, 2.05) is 0 Å². The van der Waals surface area contributed by atoms with Gasteiger partial charge in [0.25, 0.3) is 0 Å². The number of nitrogens with zero attached hydrogens (tertiary/aromatic N) is 1. The normalized spacial score (nSPS) is 15.1. The molecule has 0 aromatic carbocycles. The lowest BCUT2D eigenvalue weighted by molar-refractivity contribution is 0.173.